The highest BCUT2D eigenvalue weighted by Gasteiger charge is 2.31. The van der Waals surface area contributed by atoms with Crippen molar-refractivity contribution in [1.82, 2.24) is 18.6 Å². The maximum atomic E-state index is 13.0. The van der Waals surface area contributed by atoms with Crippen molar-refractivity contribution in [2.75, 3.05) is 62.2 Å². The number of aryl methyl sites for hydroxylation is 2. The normalized spacial score (nSPS) is 15.4. The first-order chi connectivity index (χ1) is 29.7. The summed E-state index contributed by atoms with van der Waals surface area (Å²) < 4.78 is 55.0. The lowest BCUT2D eigenvalue weighted by Gasteiger charge is -2.33. The summed E-state index contributed by atoms with van der Waals surface area (Å²) in [6, 6.07) is 26.1. The number of aromatic nitrogens is 2. The number of sulfonamides is 2. The SMILES string of the molecule is Cc1ccc(C)c(Cc2csc(N3CCN(S(=O)(=O)c4ccc(CBr)cc4)CC3)n2)c1.O=S(=O)(c1ccc(CBr)cc1)N1CCN(c2nc(Cc3ccc(Cl)cc3Cl)cs2)CC1. The molecule has 18 heteroatoms. The van der Waals surface area contributed by atoms with E-state index in [1.54, 1.807) is 61.6 Å². The monoisotopic (exact) mass is 1080 g/mol. The number of hydrogen-bond donors (Lipinski definition) is 0. The van der Waals surface area contributed by atoms with E-state index in [0.717, 1.165) is 44.8 Å². The van der Waals surface area contributed by atoms with Crippen LogP contribution in [0.5, 0.6) is 0 Å². The average molecular weight is 1080 g/mol. The van der Waals surface area contributed by atoms with Gasteiger partial charge in [0.15, 0.2) is 10.3 Å². The highest BCUT2D eigenvalue weighted by Crippen LogP contribution is 2.29. The zero-order valence-corrected chi connectivity index (χ0v) is 42.1. The van der Waals surface area contributed by atoms with Crippen LogP contribution in [0.2, 0.25) is 10.0 Å². The van der Waals surface area contributed by atoms with Crippen molar-refractivity contribution in [2.45, 2.75) is 47.1 Å². The Hall–Kier alpha value is -2.90. The van der Waals surface area contributed by atoms with E-state index >= 15 is 0 Å². The predicted octanol–water partition coefficient (Wildman–Crippen LogP) is 10.2. The summed E-state index contributed by atoms with van der Waals surface area (Å²) >= 11 is 22.2. The molecule has 2 aromatic heterocycles. The lowest BCUT2D eigenvalue weighted by molar-refractivity contribution is 0.384. The minimum Gasteiger partial charge on any atom is -0.345 e. The molecule has 0 atom stereocenters. The lowest BCUT2D eigenvalue weighted by Crippen LogP contribution is -2.48. The number of piperazine rings is 2. The van der Waals surface area contributed by atoms with Gasteiger partial charge in [0.25, 0.3) is 0 Å². The summed E-state index contributed by atoms with van der Waals surface area (Å²) in [4.78, 5) is 14.6. The number of nitrogens with zero attached hydrogens (tertiary/aromatic N) is 6. The number of thiazole rings is 2. The molecule has 0 saturated carbocycles. The van der Waals surface area contributed by atoms with Crippen LogP contribution in [0.1, 0.15) is 44.8 Å². The molecular weight excluding hydrogens is 1040 g/mol. The van der Waals surface area contributed by atoms with E-state index < -0.39 is 20.0 Å². The largest absolute Gasteiger partial charge is 0.345 e. The lowest BCUT2D eigenvalue weighted by atomic mass is 10.0. The molecule has 4 aromatic carbocycles. The molecule has 10 nitrogen and oxygen atoms in total. The number of anilines is 2. The van der Waals surface area contributed by atoms with E-state index in [-0.39, 0.29) is 0 Å². The van der Waals surface area contributed by atoms with E-state index in [1.165, 1.54) is 16.7 Å². The van der Waals surface area contributed by atoms with Gasteiger partial charge in [0.05, 0.1) is 21.2 Å². The zero-order valence-electron chi connectivity index (χ0n) is 34.2. The molecule has 2 fully saturated rings. The molecule has 0 unspecified atom stereocenters. The maximum absolute atomic E-state index is 13.0. The third-order valence-electron chi connectivity index (χ3n) is 10.8. The van der Waals surface area contributed by atoms with Gasteiger partial charge in [-0.25, -0.2) is 26.8 Å². The molecule has 8 rings (SSSR count). The van der Waals surface area contributed by atoms with E-state index in [4.69, 9.17) is 33.2 Å². The van der Waals surface area contributed by atoms with Gasteiger partial charge < -0.3 is 9.80 Å². The second-order valence-corrected chi connectivity index (χ2v) is 22.6. The molecule has 2 aliphatic heterocycles. The Balaban J connectivity index is 0.000000186. The number of hydrogen-bond acceptors (Lipinski definition) is 10. The molecule has 2 aliphatic rings. The molecule has 0 aliphatic carbocycles. The predicted molar refractivity (Wildman–Crippen MR) is 262 cm³/mol. The first-order valence-corrected chi connectivity index (χ1v) is 27.6. The van der Waals surface area contributed by atoms with Gasteiger partial charge >= 0.3 is 0 Å². The molecule has 0 amide bonds. The summed E-state index contributed by atoms with van der Waals surface area (Å²) in [5.41, 5.74) is 8.93. The fourth-order valence-electron chi connectivity index (χ4n) is 7.13. The van der Waals surface area contributed by atoms with Gasteiger partial charge in [-0.1, -0.05) is 109 Å². The van der Waals surface area contributed by atoms with E-state index in [2.05, 4.69) is 79.1 Å². The number of rotatable bonds is 12. The van der Waals surface area contributed by atoms with Gasteiger partial charge in [-0.3, -0.25) is 0 Å². The van der Waals surface area contributed by atoms with E-state index in [1.807, 2.05) is 41.8 Å². The van der Waals surface area contributed by atoms with Crippen molar-refractivity contribution in [3.8, 4) is 0 Å². The van der Waals surface area contributed by atoms with Gasteiger partial charge in [0.1, 0.15) is 0 Å². The van der Waals surface area contributed by atoms with Crippen molar-refractivity contribution in [3.63, 3.8) is 0 Å². The molecule has 2 saturated heterocycles. The third kappa shape index (κ3) is 11.5. The van der Waals surface area contributed by atoms with Crippen LogP contribution in [-0.4, -0.2) is 87.8 Å². The summed E-state index contributed by atoms with van der Waals surface area (Å²) in [5, 5.41) is 8.67. The number of alkyl halides is 2. The highest BCUT2D eigenvalue weighted by molar-refractivity contribution is 9.08. The Morgan fingerprint density at radius 2 is 1.03 bits per heavy atom. The third-order valence-corrected chi connectivity index (χ3v) is 18.4. The Kier molecular flexibility index (Phi) is 15.9. The molecule has 0 radical (unpaired) electrons. The molecule has 4 heterocycles. The minimum absolute atomic E-state index is 0.335. The van der Waals surface area contributed by atoms with Gasteiger partial charge in [0.2, 0.25) is 20.0 Å². The van der Waals surface area contributed by atoms with Crippen LogP contribution in [0, 0.1) is 13.8 Å². The van der Waals surface area contributed by atoms with Gasteiger partial charge in [-0.05, 0) is 78.1 Å². The van der Waals surface area contributed by atoms with Crippen LogP contribution in [0.4, 0.5) is 10.3 Å². The Labute approximate surface area is 399 Å². The molecule has 62 heavy (non-hydrogen) atoms. The van der Waals surface area contributed by atoms with Crippen molar-refractivity contribution >= 4 is 108 Å². The van der Waals surface area contributed by atoms with Crippen LogP contribution in [0.15, 0.2) is 105 Å². The summed E-state index contributed by atoms with van der Waals surface area (Å²) in [7, 11) is -6.95. The fourth-order valence-corrected chi connectivity index (χ4v) is 13.0. The Morgan fingerprint density at radius 1 is 0.581 bits per heavy atom. The molecular formula is C44H46Br2Cl2N6O4S4. The average Bonchev–Trinajstić information content (AvgIpc) is 3.96. The van der Waals surface area contributed by atoms with Gasteiger partial charge in [-0.15, -0.1) is 22.7 Å². The second-order valence-electron chi connectivity index (χ2n) is 15.1. The molecule has 0 bridgehead atoms. The fraction of sp³-hybridized carbons (Fsp3) is 0.318. The smallest absolute Gasteiger partial charge is 0.243 e. The van der Waals surface area contributed by atoms with Crippen LogP contribution in [0.3, 0.4) is 0 Å². The zero-order chi connectivity index (χ0) is 44.0. The van der Waals surface area contributed by atoms with Crippen LogP contribution >= 0.6 is 77.7 Å². The van der Waals surface area contributed by atoms with Crippen molar-refractivity contribution < 1.29 is 16.8 Å². The summed E-state index contributed by atoms with van der Waals surface area (Å²) in [6.45, 7) is 8.54. The minimum atomic E-state index is -3.49. The van der Waals surface area contributed by atoms with Crippen LogP contribution in [-0.2, 0) is 43.5 Å². The highest BCUT2D eigenvalue weighted by atomic mass is 79.9. The quantitative estimate of drug-likeness (QED) is 0.112. The standard InChI is InChI=1S/C23H26BrN3O2S2.C21H20BrCl2N3O2S2/c1-17-3-4-18(2)20(13-17)14-21-16-30-23(25-21)26-9-11-27(12-10-26)31(28,29)22-7-5-19(15-24)6-8-22;22-13-15-1-5-19(6-2-15)31(28,29)27-9-7-26(8-10-27)21-25-18(14-30-21)11-16-3-4-17(23)12-20(16)24/h3-8,13,16H,9-12,14-15H2,1-2H3;1-6,12,14H,7-11,13H2. The Morgan fingerprint density at radius 3 is 1.47 bits per heavy atom. The summed E-state index contributed by atoms with van der Waals surface area (Å²) in [6.07, 6.45) is 1.45. The first-order valence-electron chi connectivity index (χ1n) is 19.9. The van der Waals surface area contributed by atoms with Crippen LogP contribution in [0.25, 0.3) is 0 Å². The number of halogens is 4. The topological polar surface area (TPSA) is 107 Å². The van der Waals surface area contributed by atoms with Crippen LogP contribution < -0.4 is 9.80 Å². The molecule has 0 spiro atoms. The van der Waals surface area contributed by atoms with Gasteiger partial charge in [-0.2, -0.15) is 8.61 Å². The molecule has 0 N–H and O–H groups in total. The van der Waals surface area contributed by atoms with Crippen molar-refractivity contribution in [1.29, 1.82) is 0 Å². The second kappa shape index (κ2) is 20.9. The molecule has 328 valence electrons. The maximum Gasteiger partial charge on any atom is 0.243 e. The molecule has 6 aromatic rings. The Bertz CT molecular complexity index is 2690. The van der Waals surface area contributed by atoms with Crippen molar-refractivity contribution in [3.05, 3.63) is 151 Å². The summed E-state index contributed by atoms with van der Waals surface area (Å²) in [5.74, 6) is 0. The van der Waals surface area contributed by atoms with E-state index in [9.17, 15) is 16.8 Å². The van der Waals surface area contributed by atoms with E-state index in [0.29, 0.717) is 89.3 Å². The first kappa shape index (κ1) is 47.1. The van der Waals surface area contributed by atoms with Gasteiger partial charge in [0, 0.05) is 96.7 Å². The number of benzene rings is 4. The van der Waals surface area contributed by atoms with Crippen molar-refractivity contribution in [2.24, 2.45) is 0 Å².